The summed E-state index contributed by atoms with van der Waals surface area (Å²) in [5, 5.41) is 9.38. The highest BCUT2D eigenvalue weighted by atomic mass is 32.2. The molecule has 0 radical (unpaired) electrons. The highest BCUT2D eigenvalue weighted by Crippen LogP contribution is 2.32. The average molecular weight is 282 g/mol. The summed E-state index contributed by atoms with van der Waals surface area (Å²) in [5.74, 6) is 0.878. The minimum Gasteiger partial charge on any atom is -0.332 e. The number of nitriles is 1. The third kappa shape index (κ3) is 2.96. The lowest BCUT2D eigenvalue weighted by molar-refractivity contribution is 0.270. The summed E-state index contributed by atoms with van der Waals surface area (Å²) < 4.78 is 27.1. The van der Waals surface area contributed by atoms with Crippen molar-refractivity contribution in [3.05, 3.63) is 12.0 Å². The molecule has 0 bridgehead atoms. The third-order valence-corrected chi connectivity index (χ3v) is 4.96. The van der Waals surface area contributed by atoms with E-state index in [0.29, 0.717) is 24.6 Å². The first-order chi connectivity index (χ1) is 8.87. The van der Waals surface area contributed by atoms with E-state index in [0.717, 1.165) is 12.8 Å². The third-order valence-electron chi connectivity index (χ3n) is 3.51. The molecule has 6 nitrogen and oxygen atoms in total. The Morgan fingerprint density at radius 3 is 2.89 bits per heavy atom. The van der Waals surface area contributed by atoms with Crippen LogP contribution in [0.3, 0.4) is 0 Å². The summed E-state index contributed by atoms with van der Waals surface area (Å²) in [7, 11) is -3.72. The maximum Gasteiger partial charge on any atom is 0.258 e. The molecule has 1 aliphatic rings. The number of rotatable bonds is 3. The molecule has 1 saturated carbocycles. The molecule has 7 heteroatoms. The Morgan fingerprint density at radius 2 is 2.37 bits per heavy atom. The van der Waals surface area contributed by atoms with E-state index in [2.05, 4.69) is 20.8 Å². The van der Waals surface area contributed by atoms with Crippen LogP contribution in [0.4, 0.5) is 0 Å². The second kappa shape index (κ2) is 4.94. The van der Waals surface area contributed by atoms with Gasteiger partial charge < -0.3 is 4.98 Å². The van der Waals surface area contributed by atoms with Gasteiger partial charge in [0.05, 0.1) is 12.3 Å². The SMILES string of the molecule is Cc1ncc(S(=O)(=O)N[C@@]2(C#N)CCC[C@@H](C)C2)[nH]1. The topological polar surface area (TPSA) is 98.6 Å². The van der Waals surface area contributed by atoms with Crippen LogP contribution in [0.5, 0.6) is 0 Å². The number of nitrogens with zero attached hydrogens (tertiary/aromatic N) is 2. The summed E-state index contributed by atoms with van der Waals surface area (Å²) in [5.41, 5.74) is -0.991. The summed E-state index contributed by atoms with van der Waals surface area (Å²) >= 11 is 0. The van der Waals surface area contributed by atoms with E-state index in [1.165, 1.54) is 6.20 Å². The number of aromatic amines is 1. The lowest BCUT2D eigenvalue weighted by Crippen LogP contribution is -2.50. The van der Waals surface area contributed by atoms with Crippen molar-refractivity contribution >= 4 is 10.0 Å². The van der Waals surface area contributed by atoms with Crippen LogP contribution in [-0.4, -0.2) is 23.9 Å². The molecule has 1 fully saturated rings. The highest BCUT2D eigenvalue weighted by Gasteiger charge is 2.39. The van der Waals surface area contributed by atoms with Gasteiger partial charge in [-0.25, -0.2) is 13.4 Å². The average Bonchev–Trinajstić information content (AvgIpc) is 2.76. The van der Waals surface area contributed by atoms with Crippen LogP contribution in [-0.2, 0) is 10.0 Å². The number of imidazole rings is 1. The zero-order chi connectivity index (χ0) is 14.1. The predicted molar refractivity (Wildman–Crippen MR) is 69.6 cm³/mol. The molecule has 0 aliphatic heterocycles. The van der Waals surface area contributed by atoms with Gasteiger partial charge in [-0.2, -0.15) is 9.98 Å². The van der Waals surface area contributed by atoms with Gasteiger partial charge in [0, 0.05) is 0 Å². The molecule has 2 atom stereocenters. The summed E-state index contributed by atoms with van der Waals surface area (Å²) in [6.07, 6.45) is 4.28. The first kappa shape index (κ1) is 14.0. The van der Waals surface area contributed by atoms with Gasteiger partial charge in [-0.05, 0) is 25.7 Å². The quantitative estimate of drug-likeness (QED) is 0.877. The van der Waals surface area contributed by atoms with Crippen molar-refractivity contribution in [2.24, 2.45) is 5.92 Å². The molecular formula is C12H18N4O2S. The van der Waals surface area contributed by atoms with E-state index in [-0.39, 0.29) is 5.03 Å². The molecule has 1 aliphatic carbocycles. The van der Waals surface area contributed by atoms with Crippen LogP contribution < -0.4 is 4.72 Å². The van der Waals surface area contributed by atoms with E-state index in [9.17, 15) is 13.7 Å². The Morgan fingerprint density at radius 1 is 1.63 bits per heavy atom. The van der Waals surface area contributed by atoms with Gasteiger partial charge in [-0.15, -0.1) is 0 Å². The number of nitrogens with one attached hydrogen (secondary N) is 2. The predicted octanol–water partition coefficient (Wildman–Crippen LogP) is 1.47. The van der Waals surface area contributed by atoms with Crippen LogP contribution >= 0.6 is 0 Å². The van der Waals surface area contributed by atoms with Gasteiger partial charge >= 0.3 is 0 Å². The molecule has 104 valence electrons. The standard InChI is InChI=1S/C12H18N4O2S/c1-9-4-3-5-12(6-9,8-13)16-19(17,18)11-7-14-10(2)15-11/h7,9,16H,3-6H2,1-2H3,(H,14,15)/t9-,12+/m1/s1. The Kier molecular flexibility index (Phi) is 3.65. The van der Waals surface area contributed by atoms with E-state index < -0.39 is 15.6 Å². The molecule has 0 saturated heterocycles. The van der Waals surface area contributed by atoms with E-state index in [1.54, 1.807) is 6.92 Å². The number of H-pyrrole nitrogens is 1. The van der Waals surface area contributed by atoms with Crippen molar-refractivity contribution in [3.63, 3.8) is 0 Å². The molecule has 2 N–H and O–H groups in total. The van der Waals surface area contributed by atoms with Crippen LogP contribution in [0.2, 0.25) is 0 Å². The van der Waals surface area contributed by atoms with Crippen molar-refractivity contribution in [2.45, 2.75) is 50.1 Å². The molecule has 1 aromatic rings. The Bertz CT molecular complexity index is 601. The van der Waals surface area contributed by atoms with Gasteiger partial charge in [-0.3, -0.25) is 0 Å². The summed E-state index contributed by atoms with van der Waals surface area (Å²) in [6.45, 7) is 3.72. The molecule has 1 aromatic heterocycles. The van der Waals surface area contributed by atoms with Gasteiger partial charge in [0.15, 0.2) is 5.03 Å². The fraction of sp³-hybridized carbons (Fsp3) is 0.667. The molecule has 1 heterocycles. The number of aromatic nitrogens is 2. The van der Waals surface area contributed by atoms with Crippen LogP contribution in [0.15, 0.2) is 11.2 Å². The van der Waals surface area contributed by atoms with Gasteiger partial charge in [0.2, 0.25) is 0 Å². The normalized spacial score (nSPS) is 27.9. The number of sulfonamides is 1. The van der Waals surface area contributed by atoms with Crippen LogP contribution in [0.25, 0.3) is 0 Å². The fourth-order valence-electron chi connectivity index (χ4n) is 2.62. The van der Waals surface area contributed by atoms with Crippen LogP contribution in [0.1, 0.15) is 38.4 Å². The molecule has 2 rings (SSSR count). The van der Waals surface area contributed by atoms with Crippen molar-refractivity contribution < 1.29 is 8.42 Å². The largest absolute Gasteiger partial charge is 0.332 e. The zero-order valence-corrected chi connectivity index (χ0v) is 11.9. The minimum atomic E-state index is -3.72. The molecule has 19 heavy (non-hydrogen) atoms. The lowest BCUT2D eigenvalue weighted by atomic mass is 9.78. The van der Waals surface area contributed by atoms with Crippen molar-refractivity contribution in [1.82, 2.24) is 14.7 Å². The van der Waals surface area contributed by atoms with E-state index in [1.807, 2.05) is 6.92 Å². The van der Waals surface area contributed by atoms with Crippen molar-refractivity contribution in [2.75, 3.05) is 0 Å². The zero-order valence-electron chi connectivity index (χ0n) is 11.1. The number of aryl methyl sites for hydroxylation is 1. The number of hydrogen-bond acceptors (Lipinski definition) is 4. The van der Waals surface area contributed by atoms with Gasteiger partial charge in [0.1, 0.15) is 11.4 Å². The molecular weight excluding hydrogens is 264 g/mol. The maximum absolute atomic E-state index is 12.3. The molecule has 0 aromatic carbocycles. The Balaban J connectivity index is 2.25. The van der Waals surface area contributed by atoms with Crippen molar-refractivity contribution in [1.29, 1.82) is 5.26 Å². The lowest BCUT2D eigenvalue weighted by Gasteiger charge is -2.34. The Labute approximate surface area is 113 Å². The fourth-order valence-corrected chi connectivity index (χ4v) is 3.94. The monoisotopic (exact) mass is 282 g/mol. The molecule has 0 unspecified atom stereocenters. The molecule has 0 amide bonds. The smallest absolute Gasteiger partial charge is 0.258 e. The molecule has 0 spiro atoms. The van der Waals surface area contributed by atoms with Crippen molar-refractivity contribution in [3.8, 4) is 6.07 Å². The number of hydrogen-bond donors (Lipinski definition) is 2. The van der Waals surface area contributed by atoms with Gasteiger partial charge in [-0.1, -0.05) is 19.8 Å². The maximum atomic E-state index is 12.3. The second-order valence-corrected chi connectivity index (χ2v) is 6.98. The second-order valence-electron chi connectivity index (χ2n) is 5.33. The Hall–Kier alpha value is -1.39. The van der Waals surface area contributed by atoms with E-state index in [4.69, 9.17) is 0 Å². The summed E-state index contributed by atoms with van der Waals surface area (Å²) in [4.78, 5) is 6.57. The van der Waals surface area contributed by atoms with E-state index >= 15 is 0 Å². The van der Waals surface area contributed by atoms with Crippen LogP contribution in [0, 0.1) is 24.2 Å². The first-order valence-electron chi connectivity index (χ1n) is 6.34. The first-order valence-corrected chi connectivity index (χ1v) is 7.82. The highest BCUT2D eigenvalue weighted by molar-refractivity contribution is 7.89. The van der Waals surface area contributed by atoms with Gasteiger partial charge in [0.25, 0.3) is 10.0 Å². The minimum absolute atomic E-state index is 0.0119. The summed E-state index contributed by atoms with van der Waals surface area (Å²) in [6, 6.07) is 2.16.